The van der Waals surface area contributed by atoms with E-state index in [4.69, 9.17) is 0 Å². The molecule has 1 aliphatic heterocycles. The number of likely N-dealkylation sites (tertiary alicyclic amines) is 1. The number of pyridine rings is 1. The van der Waals surface area contributed by atoms with Gasteiger partial charge in [-0.3, -0.25) is 9.78 Å². The largest absolute Gasteiger partial charge is 0.352 e. The second kappa shape index (κ2) is 8.99. The van der Waals surface area contributed by atoms with E-state index < -0.39 is 0 Å². The summed E-state index contributed by atoms with van der Waals surface area (Å²) in [4.78, 5) is 19.5. The van der Waals surface area contributed by atoms with Gasteiger partial charge < -0.3 is 14.8 Å². The van der Waals surface area contributed by atoms with Crippen LogP contribution in [0.25, 0.3) is 0 Å². The van der Waals surface area contributed by atoms with Gasteiger partial charge in [0.2, 0.25) is 0 Å². The number of nitrogens with zero attached hydrogens (tertiary/aromatic N) is 3. The third-order valence-electron chi connectivity index (χ3n) is 5.25. The second-order valence-electron chi connectivity index (χ2n) is 7.20. The number of nitrogens with one attached hydrogen (secondary N) is 1. The van der Waals surface area contributed by atoms with Crippen LogP contribution in [0.4, 0.5) is 0 Å². The van der Waals surface area contributed by atoms with Gasteiger partial charge in [-0.15, -0.1) is 0 Å². The fourth-order valence-corrected chi connectivity index (χ4v) is 3.71. The molecular weight excluding hydrogens is 324 g/mol. The highest BCUT2D eigenvalue weighted by Crippen LogP contribution is 2.16. The van der Waals surface area contributed by atoms with Crippen LogP contribution in [0, 0.1) is 13.8 Å². The molecule has 3 heterocycles. The third kappa shape index (κ3) is 4.73. The van der Waals surface area contributed by atoms with Crippen LogP contribution in [-0.2, 0) is 6.54 Å². The molecular formula is C21H30N4O. The lowest BCUT2D eigenvalue weighted by Gasteiger charge is -2.26. The molecule has 5 heteroatoms. The first kappa shape index (κ1) is 18.6. The lowest BCUT2D eigenvalue weighted by atomic mass is 10.1. The molecule has 5 nitrogen and oxygen atoms in total. The second-order valence-corrected chi connectivity index (χ2v) is 7.20. The van der Waals surface area contributed by atoms with Gasteiger partial charge in [-0.05, 0) is 70.9 Å². The molecule has 0 saturated carbocycles. The fraction of sp³-hybridized carbons (Fsp3) is 0.524. The van der Waals surface area contributed by atoms with E-state index >= 15 is 0 Å². The van der Waals surface area contributed by atoms with Crippen molar-refractivity contribution in [3.8, 4) is 0 Å². The zero-order valence-corrected chi connectivity index (χ0v) is 16.0. The summed E-state index contributed by atoms with van der Waals surface area (Å²) in [5.74, 6) is 0.0315. The topological polar surface area (TPSA) is 50.2 Å². The lowest BCUT2D eigenvalue weighted by molar-refractivity contribution is 0.0950. The summed E-state index contributed by atoms with van der Waals surface area (Å²) in [6.07, 6.45) is 6.81. The van der Waals surface area contributed by atoms with Crippen LogP contribution >= 0.6 is 0 Å². The van der Waals surface area contributed by atoms with E-state index in [0.29, 0.717) is 6.54 Å². The van der Waals surface area contributed by atoms with Gasteiger partial charge in [-0.25, -0.2) is 0 Å². The van der Waals surface area contributed by atoms with Crippen molar-refractivity contribution in [2.75, 3.05) is 26.2 Å². The van der Waals surface area contributed by atoms with Crippen LogP contribution in [-0.4, -0.2) is 46.5 Å². The highest BCUT2D eigenvalue weighted by Gasteiger charge is 2.16. The minimum Gasteiger partial charge on any atom is -0.352 e. The Morgan fingerprint density at radius 1 is 1.19 bits per heavy atom. The van der Waals surface area contributed by atoms with Gasteiger partial charge >= 0.3 is 0 Å². The van der Waals surface area contributed by atoms with Crippen LogP contribution in [0.2, 0.25) is 0 Å². The van der Waals surface area contributed by atoms with E-state index in [0.717, 1.165) is 42.2 Å². The number of amides is 1. The predicted molar refractivity (Wildman–Crippen MR) is 104 cm³/mol. The maximum atomic E-state index is 12.6. The molecule has 1 aliphatic rings. The molecule has 2 aromatic rings. The minimum absolute atomic E-state index is 0.0315. The highest BCUT2D eigenvalue weighted by atomic mass is 16.1. The number of aryl methyl sites for hydroxylation is 1. The van der Waals surface area contributed by atoms with Crippen LogP contribution in [0.15, 0.2) is 30.5 Å². The van der Waals surface area contributed by atoms with Gasteiger partial charge in [0.1, 0.15) is 0 Å². The first-order valence-electron chi connectivity index (χ1n) is 9.72. The molecule has 0 aromatic carbocycles. The maximum Gasteiger partial charge on any atom is 0.253 e. The average Bonchev–Trinajstić information content (AvgIpc) is 2.95. The standard InChI is InChI=1S/C21H30N4O/c1-17-15-20(18(2)25(17)16-19-9-4-5-10-22-19)21(26)23-11-8-14-24-12-6-3-7-13-24/h4-5,9-10,15H,3,6-8,11-14,16H2,1-2H3,(H,23,26). The summed E-state index contributed by atoms with van der Waals surface area (Å²) in [5, 5.41) is 3.09. The van der Waals surface area contributed by atoms with Gasteiger partial charge in [0, 0.05) is 24.1 Å². The van der Waals surface area contributed by atoms with Gasteiger partial charge in [0.15, 0.2) is 0 Å². The number of aromatic nitrogens is 2. The normalized spacial score (nSPS) is 15.2. The van der Waals surface area contributed by atoms with Crippen molar-refractivity contribution < 1.29 is 4.79 Å². The Morgan fingerprint density at radius 2 is 2.00 bits per heavy atom. The van der Waals surface area contributed by atoms with Crippen LogP contribution in [0.5, 0.6) is 0 Å². The van der Waals surface area contributed by atoms with Crippen LogP contribution < -0.4 is 5.32 Å². The van der Waals surface area contributed by atoms with Crippen molar-refractivity contribution in [3.63, 3.8) is 0 Å². The van der Waals surface area contributed by atoms with Crippen LogP contribution in [0.3, 0.4) is 0 Å². The van der Waals surface area contributed by atoms with E-state index in [1.165, 1.54) is 32.4 Å². The number of carbonyl (C=O) groups excluding carboxylic acids is 1. The van der Waals surface area contributed by atoms with Crippen molar-refractivity contribution in [1.29, 1.82) is 0 Å². The van der Waals surface area contributed by atoms with E-state index in [1.54, 1.807) is 6.20 Å². The Morgan fingerprint density at radius 3 is 2.73 bits per heavy atom. The fourth-order valence-electron chi connectivity index (χ4n) is 3.71. The Labute approximate surface area is 156 Å². The number of piperidine rings is 1. The first-order chi connectivity index (χ1) is 12.6. The summed E-state index contributed by atoms with van der Waals surface area (Å²) >= 11 is 0. The van der Waals surface area contributed by atoms with Gasteiger partial charge in [-0.1, -0.05) is 12.5 Å². The number of hydrogen-bond acceptors (Lipinski definition) is 3. The Bertz CT molecular complexity index is 717. The molecule has 3 rings (SSSR count). The van der Waals surface area contributed by atoms with Crippen LogP contribution in [0.1, 0.15) is 53.1 Å². The predicted octanol–water partition coefficient (Wildman–Crippen LogP) is 3.15. The molecule has 1 N–H and O–H groups in total. The Balaban J connectivity index is 1.53. The number of hydrogen-bond donors (Lipinski definition) is 1. The molecule has 0 atom stereocenters. The van der Waals surface area contributed by atoms with Gasteiger partial charge in [0.05, 0.1) is 17.8 Å². The van der Waals surface area contributed by atoms with E-state index in [1.807, 2.05) is 38.1 Å². The monoisotopic (exact) mass is 354 g/mol. The van der Waals surface area contributed by atoms with Gasteiger partial charge in [-0.2, -0.15) is 0 Å². The van der Waals surface area contributed by atoms with Crippen molar-refractivity contribution in [2.45, 2.75) is 46.1 Å². The Kier molecular flexibility index (Phi) is 6.45. The lowest BCUT2D eigenvalue weighted by Crippen LogP contribution is -2.33. The molecule has 1 fully saturated rings. The van der Waals surface area contributed by atoms with Crippen molar-refractivity contribution in [2.24, 2.45) is 0 Å². The number of rotatable bonds is 7. The SMILES string of the molecule is Cc1cc(C(=O)NCCCN2CCCCC2)c(C)n1Cc1ccccn1. The molecule has 26 heavy (non-hydrogen) atoms. The zero-order chi connectivity index (χ0) is 18.4. The summed E-state index contributed by atoms with van der Waals surface area (Å²) in [6.45, 7) is 8.99. The van der Waals surface area contributed by atoms with Crippen molar-refractivity contribution in [3.05, 3.63) is 53.1 Å². The third-order valence-corrected chi connectivity index (χ3v) is 5.25. The highest BCUT2D eigenvalue weighted by molar-refractivity contribution is 5.95. The average molecular weight is 354 g/mol. The van der Waals surface area contributed by atoms with Crippen molar-refractivity contribution in [1.82, 2.24) is 19.8 Å². The molecule has 0 aliphatic carbocycles. The van der Waals surface area contributed by atoms with Crippen molar-refractivity contribution >= 4 is 5.91 Å². The van der Waals surface area contributed by atoms with Gasteiger partial charge in [0.25, 0.3) is 5.91 Å². The smallest absolute Gasteiger partial charge is 0.253 e. The first-order valence-corrected chi connectivity index (χ1v) is 9.72. The molecule has 0 spiro atoms. The number of carbonyl (C=O) groups is 1. The Hall–Kier alpha value is -2.14. The van der Waals surface area contributed by atoms with E-state index in [-0.39, 0.29) is 5.91 Å². The van der Waals surface area contributed by atoms with E-state index in [2.05, 4.69) is 19.8 Å². The molecule has 0 radical (unpaired) electrons. The quantitative estimate of drug-likeness (QED) is 0.777. The van der Waals surface area contributed by atoms with E-state index in [9.17, 15) is 4.79 Å². The molecule has 140 valence electrons. The summed E-state index contributed by atoms with van der Waals surface area (Å²) in [5.41, 5.74) is 3.87. The molecule has 2 aromatic heterocycles. The maximum absolute atomic E-state index is 12.6. The zero-order valence-electron chi connectivity index (χ0n) is 16.0. The summed E-state index contributed by atoms with van der Waals surface area (Å²) in [6, 6.07) is 7.91. The molecule has 0 bridgehead atoms. The summed E-state index contributed by atoms with van der Waals surface area (Å²) < 4.78 is 2.16. The molecule has 1 amide bonds. The summed E-state index contributed by atoms with van der Waals surface area (Å²) in [7, 11) is 0. The molecule has 1 saturated heterocycles. The minimum atomic E-state index is 0.0315. The molecule has 0 unspecified atom stereocenters.